The van der Waals surface area contributed by atoms with E-state index < -0.39 is 0 Å². The zero-order valence-electron chi connectivity index (χ0n) is 11.0. The fourth-order valence-electron chi connectivity index (χ4n) is 2.27. The average Bonchev–Trinajstić information content (AvgIpc) is 2.40. The van der Waals surface area contributed by atoms with Crippen LogP contribution in [0.3, 0.4) is 0 Å². The molecule has 1 aliphatic rings. The molecule has 0 aromatic heterocycles. The molecule has 0 spiro atoms. The van der Waals surface area contributed by atoms with Gasteiger partial charge in [0.25, 0.3) is 0 Å². The van der Waals surface area contributed by atoms with Crippen LogP contribution in [0.25, 0.3) is 0 Å². The van der Waals surface area contributed by atoms with Gasteiger partial charge in [0, 0.05) is 39.6 Å². The molecule has 5 heteroatoms. The van der Waals surface area contributed by atoms with Gasteiger partial charge in [0.1, 0.15) is 0 Å². The molecule has 1 heterocycles. The summed E-state index contributed by atoms with van der Waals surface area (Å²) in [5.41, 5.74) is 1.20. The highest BCUT2D eigenvalue weighted by Crippen LogP contribution is 2.22. The molecule has 0 aliphatic carbocycles. The molecular formula is C14H18Cl2N2O. The quantitative estimate of drug-likeness (QED) is 0.857. The number of piperazine rings is 1. The number of hydrogen-bond acceptors (Lipinski definition) is 2. The van der Waals surface area contributed by atoms with E-state index in [-0.39, 0.29) is 5.91 Å². The van der Waals surface area contributed by atoms with Crippen molar-refractivity contribution in [3.8, 4) is 0 Å². The number of nitrogens with zero attached hydrogens (tertiary/aromatic N) is 2. The van der Waals surface area contributed by atoms with E-state index in [1.807, 2.05) is 23.1 Å². The molecule has 1 saturated heterocycles. The van der Waals surface area contributed by atoms with Gasteiger partial charge in [-0.15, -0.1) is 0 Å². The molecule has 3 nitrogen and oxygen atoms in total. The summed E-state index contributed by atoms with van der Waals surface area (Å²) >= 11 is 11.9. The molecular weight excluding hydrogens is 283 g/mol. The Kier molecular flexibility index (Phi) is 5.08. The second-order valence-corrected chi connectivity index (χ2v) is 5.66. The van der Waals surface area contributed by atoms with Crippen LogP contribution in [0.15, 0.2) is 18.2 Å². The zero-order chi connectivity index (χ0) is 13.8. The SMILES string of the molecule is CC(=O)N1CCN(CCc2ccc(Cl)c(Cl)c2)CC1. The number of amides is 1. The van der Waals surface area contributed by atoms with E-state index >= 15 is 0 Å². The third kappa shape index (κ3) is 4.10. The second kappa shape index (κ2) is 6.60. The Balaban J connectivity index is 1.80. The van der Waals surface area contributed by atoms with E-state index in [1.165, 1.54) is 5.56 Å². The lowest BCUT2D eigenvalue weighted by Gasteiger charge is -2.34. The van der Waals surface area contributed by atoms with Gasteiger partial charge in [-0.3, -0.25) is 9.69 Å². The van der Waals surface area contributed by atoms with E-state index in [1.54, 1.807) is 6.92 Å². The fraction of sp³-hybridized carbons (Fsp3) is 0.500. The van der Waals surface area contributed by atoms with E-state index in [0.717, 1.165) is 39.1 Å². The molecule has 0 unspecified atom stereocenters. The minimum absolute atomic E-state index is 0.170. The number of benzene rings is 1. The highest BCUT2D eigenvalue weighted by Gasteiger charge is 2.17. The summed E-state index contributed by atoms with van der Waals surface area (Å²) < 4.78 is 0. The lowest BCUT2D eigenvalue weighted by atomic mass is 10.1. The number of halogens is 2. The van der Waals surface area contributed by atoms with Crippen molar-refractivity contribution in [1.82, 2.24) is 9.80 Å². The lowest BCUT2D eigenvalue weighted by Crippen LogP contribution is -2.48. The van der Waals surface area contributed by atoms with Gasteiger partial charge in [-0.1, -0.05) is 29.3 Å². The second-order valence-electron chi connectivity index (χ2n) is 4.85. The Morgan fingerprint density at radius 3 is 2.42 bits per heavy atom. The third-order valence-corrected chi connectivity index (χ3v) is 4.26. The molecule has 0 bridgehead atoms. The van der Waals surface area contributed by atoms with Gasteiger partial charge in [0.2, 0.25) is 5.91 Å². The molecule has 1 amide bonds. The first kappa shape index (κ1) is 14.6. The van der Waals surface area contributed by atoms with Crippen molar-refractivity contribution in [2.45, 2.75) is 13.3 Å². The van der Waals surface area contributed by atoms with Gasteiger partial charge >= 0.3 is 0 Å². The van der Waals surface area contributed by atoms with Gasteiger partial charge in [-0.2, -0.15) is 0 Å². The number of carbonyl (C=O) groups excluding carboxylic acids is 1. The molecule has 2 rings (SSSR count). The van der Waals surface area contributed by atoms with Crippen molar-refractivity contribution in [3.05, 3.63) is 33.8 Å². The Morgan fingerprint density at radius 2 is 1.84 bits per heavy atom. The van der Waals surface area contributed by atoms with Crippen LogP contribution in [0.1, 0.15) is 12.5 Å². The molecule has 0 saturated carbocycles. The summed E-state index contributed by atoms with van der Waals surface area (Å²) in [6, 6.07) is 5.78. The standard InChI is InChI=1S/C14H18Cl2N2O/c1-11(19)18-8-6-17(7-9-18)5-4-12-2-3-13(15)14(16)10-12/h2-3,10H,4-9H2,1H3. The van der Waals surface area contributed by atoms with Crippen molar-refractivity contribution in [2.24, 2.45) is 0 Å². The predicted octanol–water partition coefficient (Wildman–Crippen LogP) is 2.70. The van der Waals surface area contributed by atoms with Gasteiger partial charge < -0.3 is 4.90 Å². The summed E-state index contributed by atoms with van der Waals surface area (Å²) in [4.78, 5) is 15.5. The number of hydrogen-bond donors (Lipinski definition) is 0. The molecule has 0 N–H and O–H groups in total. The Bertz CT molecular complexity index is 457. The highest BCUT2D eigenvalue weighted by atomic mass is 35.5. The number of carbonyl (C=O) groups is 1. The summed E-state index contributed by atoms with van der Waals surface area (Å²) in [5.74, 6) is 0.170. The molecule has 0 radical (unpaired) electrons. The fourth-order valence-corrected chi connectivity index (χ4v) is 2.59. The first-order chi connectivity index (χ1) is 9.06. The number of rotatable bonds is 3. The predicted molar refractivity (Wildman–Crippen MR) is 78.9 cm³/mol. The maximum Gasteiger partial charge on any atom is 0.219 e. The Hall–Kier alpha value is -0.770. The molecule has 0 atom stereocenters. The highest BCUT2D eigenvalue weighted by molar-refractivity contribution is 6.42. The first-order valence-corrected chi connectivity index (χ1v) is 7.23. The maximum atomic E-state index is 11.2. The van der Waals surface area contributed by atoms with E-state index in [9.17, 15) is 4.79 Å². The van der Waals surface area contributed by atoms with Crippen LogP contribution in [0, 0.1) is 0 Å². The first-order valence-electron chi connectivity index (χ1n) is 6.48. The smallest absolute Gasteiger partial charge is 0.219 e. The van der Waals surface area contributed by atoms with Crippen LogP contribution in [-0.2, 0) is 11.2 Å². The van der Waals surface area contributed by atoms with Crippen molar-refractivity contribution in [2.75, 3.05) is 32.7 Å². The van der Waals surface area contributed by atoms with Crippen LogP contribution in [-0.4, -0.2) is 48.4 Å². The van der Waals surface area contributed by atoms with Crippen LogP contribution < -0.4 is 0 Å². The minimum atomic E-state index is 0.170. The molecule has 104 valence electrons. The zero-order valence-corrected chi connectivity index (χ0v) is 12.5. The monoisotopic (exact) mass is 300 g/mol. The molecule has 1 aromatic carbocycles. The summed E-state index contributed by atoms with van der Waals surface area (Å²) in [6.45, 7) is 6.17. The summed E-state index contributed by atoms with van der Waals surface area (Å²) in [6.07, 6.45) is 0.955. The maximum absolute atomic E-state index is 11.2. The average molecular weight is 301 g/mol. The topological polar surface area (TPSA) is 23.6 Å². The van der Waals surface area contributed by atoms with Crippen molar-refractivity contribution in [1.29, 1.82) is 0 Å². The van der Waals surface area contributed by atoms with E-state index in [4.69, 9.17) is 23.2 Å². The lowest BCUT2D eigenvalue weighted by molar-refractivity contribution is -0.130. The van der Waals surface area contributed by atoms with Crippen LogP contribution >= 0.6 is 23.2 Å². The van der Waals surface area contributed by atoms with Gasteiger partial charge in [0.05, 0.1) is 10.0 Å². The molecule has 19 heavy (non-hydrogen) atoms. The van der Waals surface area contributed by atoms with Gasteiger partial charge in [-0.25, -0.2) is 0 Å². The minimum Gasteiger partial charge on any atom is -0.340 e. The summed E-state index contributed by atoms with van der Waals surface area (Å²) in [5, 5.41) is 1.21. The van der Waals surface area contributed by atoms with Crippen molar-refractivity contribution < 1.29 is 4.79 Å². The van der Waals surface area contributed by atoms with Crippen LogP contribution in [0.5, 0.6) is 0 Å². The van der Waals surface area contributed by atoms with Crippen LogP contribution in [0.2, 0.25) is 10.0 Å². The molecule has 1 fully saturated rings. The van der Waals surface area contributed by atoms with Crippen LogP contribution in [0.4, 0.5) is 0 Å². The largest absolute Gasteiger partial charge is 0.340 e. The van der Waals surface area contributed by atoms with Crippen molar-refractivity contribution in [3.63, 3.8) is 0 Å². The summed E-state index contributed by atoms with van der Waals surface area (Å²) in [7, 11) is 0. The molecule has 1 aliphatic heterocycles. The van der Waals surface area contributed by atoms with Gasteiger partial charge in [-0.05, 0) is 24.1 Å². The normalized spacial score (nSPS) is 16.7. The Labute approximate surface area is 124 Å². The third-order valence-electron chi connectivity index (χ3n) is 3.52. The van der Waals surface area contributed by atoms with Gasteiger partial charge in [0.15, 0.2) is 0 Å². The van der Waals surface area contributed by atoms with E-state index in [0.29, 0.717) is 10.0 Å². The van der Waals surface area contributed by atoms with E-state index in [2.05, 4.69) is 4.90 Å². The Morgan fingerprint density at radius 1 is 1.16 bits per heavy atom. The molecule has 1 aromatic rings. The van der Waals surface area contributed by atoms with Crippen molar-refractivity contribution >= 4 is 29.1 Å².